The Balaban J connectivity index is 1.80. The van der Waals surface area contributed by atoms with Crippen molar-refractivity contribution in [3.05, 3.63) is 34.6 Å². The van der Waals surface area contributed by atoms with Gasteiger partial charge in [-0.25, -0.2) is 13.1 Å². The molecule has 1 aliphatic heterocycles. The van der Waals surface area contributed by atoms with Crippen molar-refractivity contribution in [1.82, 2.24) is 19.7 Å². The summed E-state index contributed by atoms with van der Waals surface area (Å²) in [5.74, 6) is 1.24. The summed E-state index contributed by atoms with van der Waals surface area (Å²) in [5, 5.41) is 3.24. The van der Waals surface area contributed by atoms with Gasteiger partial charge in [0.2, 0.25) is 4.77 Å². The van der Waals surface area contributed by atoms with Crippen LogP contribution < -0.4 is 0 Å². The van der Waals surface area contributed by atoms with Gasteiger partial charge in [-0.05, 0) is 32.1 Å². The molecule has 1 atom stereocenters. The number of aryl methyl sites for hydroxylation is 1. The summed E-state index contributed by atoms with van der Waals surface area (Å²) in [7, 11) is -2.90. The van der Waals surface area contributed by atoms with E-state index in [4.69, 9.17) is 12.2 Å². The summed E-state index contributed by atoms with van der Waals surface area (Å²) < 4.78 is 25.7. The number of H-pyrrole nitrogens is 1. The van der Waals surface area contributed by atoms with Crippen LogP contribution in [0.15, 0.2) is 24.3 Å². The lowest BCUT2D eigenvalue weighted by atomic mass is 10.1. The van der Waals surface area contributed by atoms with Crippen molar-refractivity contribution in [1.29, 1.82) is 0 Å². The first-order valence-corrected chi connectivity index (χ1v) is 10.3. The predicted octanol–water partition coefficient (Wildman–Crippen LogP) is 2.38. The molecule has 6 nitrogen and oxygen atoms in total. The van der Waals surface area contributed by atoms with Crippen molar-refractivity contribution in [2.24, 2.45) is 0 Å². The molecular formula is C16H22N4O2S2. The van der Waals surface area contributed by atoms with Crippen molar-refractivity contribution in [2.75, 3.05) is 18.1 Å². The fraction of sp³-hybridized carbons (Fsp3) is 0.500. The van der Waals surface area contributed by atoms with Crippen LogP contribution in [0.5, 0.6) is 0 Å². The largest absolute Gasteiger partial charge is 0.281 e. The Kier molecular flexibility index (Phi) is 4.89. The number of hydrogen-bond acceptors (Lipinski definition) is 5. The third kappa shape index (κ3) is 3.76. The summed E-state index contributed by atoms with van der Waals surface area (Å²) >= 11 is 5.36. The topological polar surface area (TPSA) is 71.0 Å². The molecule has 0 bridgehead atoms. The SMILES string of the molecule is CCN(Cn1[nH]c(-c2ccc(C)cc2)nc1=S)C1CCS(=O)(=O)C1. The van der Waals surface area contributed by atoms with E-state index in [1.807, 2.05) is 38.1 Å². The molecule has 1 aliphatic rings. The van der Waals surface area contributed by atoms with Crippen molar-refractivity contribution in [3.63, 3.8) is 0 Å². The van der Waals surface area contributed by atoms with E-state index in [0.29, 0.717) is 17.9 Å². The first-order valence-electron chi connectivity index (χ1n) is 8.06. The summed E-state index contributed by atoms with van der Waals surface area (Å²) in [6.45, 7) is 5.36. The van der Waals surface area contributed by atoms with Crippen molar-refractivity contribution < 1.29 is 8.42 Å². The lowest BCUT2D eigenvalue weighted by molar-refractivity contribution is 0.164. The quantitative estimate of drug-likeness (QED) is 0.823. The third-order valence-electron chi connectivity index (χ3n) is 4.46. The highest BCUT2D eigenvalue weighted by atomic mass is 32.2. The first-order chi connectivity index (χ1) is 11.4. The van der Waals surface area contributed by atoms with E-state index in [1.165, 1.54) is 5.56 Å². The number of hydrogen-bond donors (Lipinski definition) is 1. The summed E-state index contributed by atoms with van der Waals surface area (Å²) in [6, 6.07) is 8.14. The second kappa shape index (κ2) is 6.78. The van der Waals surface area contributed by atoms with E-state index in [1.54, 1.807) is 4.68 Å². The minimum atomic E-state index is -2.90. The fourth-order valence-corrected chi connectivity index (χ4v) is 4.97. The molecule has 0 aliphatic carbocycles. The molecule has 2 aromatic rings. The van der Waals surface area contributed by atoms with Crippen LogP contribution in [0, 0.1) is 11.7 Å². The number of aromatic nitrogens is 3. The van der Waals surface area contributed by atoms with Crippen LogP contribution in [0.3, 0.4) is 0 Å². The van der Waals surface area contributed by atoms with Gasteiger partial charge in [0, 0.05) is 11.6 Å². The van der Waals surface area contributed by atoms with Crippen LogP contribution in [-0.4, -0.2) is 52.2 Å². The van der Waals surface area contributed by atoms with E-state index >= 15 is 0 Å². The average molecular weight is 367 g/mol. The van der Waals surface area contributed by atoms with Gasteiger partial charge in [-0.3, -0.25) is 10.00 Å². The second-order valence-corrected chi connectivity index (χ2v) is 8.85. The highest BCUT2D eigenvalue weighted by Gasteiger charge is 2.31. The van der Waals surface area contributed by atoms with Crippen molar-refractivity contribution in [3.8, 4) is 11.4 Å². The molecule has 130 valence electrons. The zero-order valence-corrected chi connectivity index (χ0v) is 15.5. The van der Waals surface area contributed by atoms with Crippen LogP contribution >= 0.6 is 12.2 Å². The molecule has 1 aromatic heterocycles. The second-order valence-electron chi connectivity index (χ2n) is 6.25. The molecule has 8 heteroatoms. The Hall–Kier alpha value is -1.51. The van der Waals surface area contributed by atoms with Crippen LogP contribution in [-0.2, 0) is 16.5 Å². The highest BCUT2D eigenvalue weighted by molar-refractivity contribution is 7.91. The molecule has 1 saturated heterocycles. The van der Waals surface area contributed by atoms with Gasteiger partial charge in [0.1, 0.15) is 0 Å². The lowest BCUT2D eigenvalue weighted by Gasteiger charge is -2.26. The molecule has 0 saturated carbocycles. The van der Waals surface area contributed by atoms with Gasteiger partial charge in [-0.15, -0.1) is 0 Å². The number of aromatic amines is 1. The molecular weight excluding hydrogens is 344 g/mol. The maximum absolute atomic E-state index is 11.7. The van der Waals surface area contributed by atoms with Crippen molar-refractivity contribution in [2.45, 2.75) is 33.0 Å². The molecule has 1 N–H and O–H groups in total. The van der Waals surface area contributed by atoms with Crippen LogP contribution in [0.4, 0.5) is 0 Å². The number of nitrogens with zero attached hydrogens (tertiary/aromatic N) is 3. The molecule has 1 aromatic carbocycles. The molecule has 24 heavy (non-hydrogen) atoms. The van der Waals surface area contributed by atoms with Crippen molar-refractivity contribution >= 4 is 22.1 Å². The van der Waals surface area contributed by atoms with E-state index in [2.05, 4.69) is 15.0 Å². The zero-order valence-electron chi connectivity index (χ0n) is 13.9. The average Bonchev–Trinajstić information content (AvgIpc) is 3.08. The van der Waals surface area contributed by atoms with Crippen LogP contribution in [0.25, 0.3) is 11.4 Å². The standard InChI is InChI=1S/C16H22N4O2S2/c1-3-19(14-8-9-24(21,22)10-14)11-20-16(23)17-15(18-20)13-6-4-12(2)5-7-13/h4-7,14H,3,8-11H2,1-2H3,(H,17,18,23). The van der Waals surface area contributed by atoms with E-state index < -0.39 is 9.84 Å². The van der Waals surface area contributed by atoms with E-state index in [-0.39, 0.29) is 17.5 Å². The predicted molar refractivity (Wildman–Crippen MR) is 97.0 cm³/mol. The summed E-state index contributed by atoms with van der Waals surface area (Å²) in [6.07, 6.45) is 0.683. The summed E-state index contributed by atoms with van der Waals surface area (Å²) in [5.41, 5.74) is 2.17. The van der Waals surface area contributed by atoms with Crippen LogP contribution in [0.2, 0.25) is 0 Å². The van der Waals surface area contributed by atoms with Gasteiger partial charge in [0.25, 0.3) is 0 Å². The molecule has 0 amide bonds. The monoisotopic (exact) mass is 366 g/mol. The highest BCUT2D eigenvalue weighted by Crippen LogP contribution is 2.19. The number of sulfone groups is 1. The summed E-state index contributed by atoms with van der Waals surface area (Å²) in [4.78, 5) is 6.57. The van der Waals surface area contributed by atoms with Gasteiger partial charge in [-0.2, -0.15) is 4.98 Å². The van der Waals surface area contributed by atoms with Crippen LogP contribution in [0.1, 0.15) is 18.9 Å². The Morgan fingerprint density at radius 2 is 2.08 bits per heavy atom. The third-order valence-corrected chi connectivity index (χ3v) is 6.52. The number of nitrogens with one attached hydrogen (secondary N) is 1. The van der Waals surface area contributed by atoms with Gasteiger partial charge in [0.15, 0.2) is 15.7 Å². The van der Waals surface area contributed by atoms with Gasteiger partial charge in [0.05, 0.1) is 18.2 Å². The Labute approximate surface area is 147 Å². The Morgan fingerprint density at radius 1 is 1.38 bits per heavy atom. The van der Waals surface area contributed by atoms with Gasteiger partial charge >= 0.3 is 0 Å². The maximum Gasteiger partial charge on any atom is 0.217 e. The Morgan fingerprint density at radius 3 is 2.67 bits per heavy atom. The molecule has 0 spiro atoms. The smallest absolute Gasteiger partial charge is 0.217 e. The normalized spacial score (nSPS) is 19.9. The van der Waals surface area contributed by atoms with Gasteiger partial charge < -0.3 is 0 Å². The molecule has 1 unspecified atom stereocenters. The Bertz CT molecular complexity index is 868. The molecule has 0 radical (unpaired) electrons. The van der Waals surface area contributed by atoms with E-state index in [0.717, 1.165) is 17.9 Å². The van der Waals surface area contributed by atoms with Gasteiger partial charge in [-0.1, -0.05) is 36.8 Å². The van der Waals surface area contributed by atoms with E-state index in [9.17, 15) is 8.42 Å². The molecule has 1 fully saturated rings. The molecule has 3 rings (SSSR count). The molecule has 2 heterocycles. The minimum absolute atomic E-state index is 0.0491. The first kappa shape index (κ1) is 17.3. The zero-order chi connectivity index (χ0) is 17.3. The minimum Gasteiger partial charge on any atom is -0.281 e. The number of benzene rings is 1. The number of rotatable bonds is 5. The lowest BCUT2D eigenvalue weighted by Crippen LogP contribution is -2.37. The maximum atomic E-state index is 11.7. The fourth-order valence-electron chi connectivity index (χ4n) is 3.01.